The first-order chi connectivity index (χ1) is 14.0. The van der Waals surface area contributed by atoms with Gasteiger partial charge < -0.3 is 9.47 Å². The Balaban J connectivity index is 1.70. The van der Waals surface area contributed by atoms with Gasteiger partial charge in [0, 0.05) is 31.3 Å². The maximum Gasteiger partial charge on any atom is 0.233 e. The highest BCUT2D eigenvalue weighted by molar-refractivity contribution is 7.99. The summed E-state index contributed by atoms with van der Waals surface area (Å²) in [6, 6.07) is 14.7. The van der Waals surface area contributed by atoms with Crippen LogP contribution in [0.4, 0.5) is 4.39 Å². The Hall–Kier alpha value is -2.67. The first kappa shape index (κ1) is 21.0. The molecular formula is C22H25FN4OS. The van der Waals surface area contributed by atoms with Gasteiger partial charge in [-0.25, -0.2) is 4.39 Å². The van der Waals surface area contributed by atoms with Crippen molar-refractivity contribution in [3.05, 3.63) is 65.5 Å². The van der Waals surface area contributed by atoms with Crippen LogP contribution in [0.25, 0.3) is 11.4 Å². The van der Waals surface area contributed by atoms with Gasteiger partial charge in [0.25, 0.3) is 0 Å². The monoisotopic (exact) mass is 412 g/mol. The first-order valence-electron chi connectivity index (χ1n) is 9.60. The molecule has 7 heteroatoms. The average Bonchev–Trinajstić information content (AvgIpc) is 3.10. The van der Waals surface area contributed by atoms with E-state index in [9.17, 15) is 9.18 Å². The van der Waals surface area contributed by atoms with E-state index < -0.39 is 0 Å². The predicted octanol–water partition coefficient (Wildman–Crippen LogP) is 4.55. The number of amides is 1. The van der Waals surface area contributed by atoms with Crippen LogP contribution in [0, 0.1) is 12.7 Å². The van der Waals surface area contributed by atoms with Gasteiger partial charge in [-0.05, 0) is 25.5 Å². The van der Waals surface area contributed by atoms with Crippen molar-refractivity contribution in [2.45, 2.75) is 38.5 Å². The van der Waals surface area contributed by atoms with Gasteiger partial charge in [0.15, 0.2) is 11.0 Å². The lowest BCUT2D eigenvalue weighted by Gasteiger charge is -2.17. The molecule has 29 heavy (non-hydrogen) atoms. The van der Waals surface area contributed by atoms with E-state index in [1.165, 1.54) is 22.7 Å². The molecular weight excluding hydrogens is 387 g/mol. The van der Waals surface area contributed by atoms with Crippen molar-refractivity contribution in [1.29, 1.82) is 0 Å². The third kappa shape index (κ3) is 5.23. The molecule has 152 valence electrons. The highest BCUT2D eigenvalue weighted by atomic mass is 32.2. The van der Waals surface area contributed by atoms with Crippen LogP contribution in [0.15, 0.2) is 53.7 Å². The van der Waals surface area contributed by atoms with Crippen molar-refractivity contribution in [3.8, 4) is 11.4 Å². The summed E-state index contributed by atoms with van der Waals surface area (Å²) in [6.45, 7) is 5.16. The molecule has 5 nitrogen and oxygen atoms in total. The Morgan fingerprint density at radius 1 is 1.17 bits per heavy atom. The second-order valence-electron chi connectivity index (χ2n) is 6.96. The summed E-state index contributed by atoms with van der Waals surface area (Å²) >= 11 is 1.36. The third-order valence-corrected chi connectivity index (χ3v) is 5.51. The molecule has 1 aromatic heterocycles. The molecule has 0 fully saturated rings. The Kier molecular flexibility index (Phi) is 7.04. The van der Waals surface area contributed by atoms with Crippen molar-refractivity contribution >= 4 is 17.7 Å². The molecule has 0 aliphatic heterocycles. The van der Waals surface area contributed by atoms with E-state index in [4.69, 9.17) is 0 Å². The fraction of sp³-hybridized carbons (Fsp3) is 0.318. The smallest absolute Gasteiger partial charge is 0.233 e. The SMILES string of the molecule is CCCn1c(SCC(=O)N(C)Cc2ccccc2F)nnc1-c1cccc(C)c1. The number of hydrogen-bond donors (Lipinski definition) is 0. The zero-order valence-electron chi connectivity index (χ0n) is 16.9. The molecule has 3 aromatic rings. The number of carbonyl (C=O) groups is 1. The Morgan fingerprint density at radius 3 is 2.69 bits per heavy atom. The minimum absolute atomic E-state index is 0.0820. The van der Waals surface area contributed by atoms with Gasteiger partial charge in [-0.1, -0.05) is 60.6 Å². The lowest BCUT2D eigenvalue weighted by Crippen LogP contribution is -2.28. The van der Waals surface area contributed by atoms with E-state index in [2.05, 4.69) is 27.8 Å². The number of aryl methyl sites for hydroxylation is 1. The van der Waals surface area contributed by atoms with Crippen molar-refractivity contribution < 1.29 is 9.18 Å². The maximum atomic E-state index is 13.8. The van der Waals surface area contributed by atoms with E-state index in [1.54, 1.807) is 25.2 Å². The van der Waals surface area contributed by atoms with Gasteiger partial charge in [-0.15, -0.1) is 10.2 Å². The molecule has 0 atom stereocenters. The normalized spacial score (nSPS) is 10.9. The summed E-state index contributed by atoms with van der Waals surface area (Å²) < 4.78 is 15.9. The predicted molar refractivity (Wildman–Crippen MR) is 114 cm³/mol. The highest BCUT2D eigenvalue weighted by Gasteiger charge is 2.17. The molecule has 0 saturated carbocycles. The van der Waals surface area contributed by atoms with E-state index in [1.807, 2.05) is 25.1 Å². The van der Waals surface area contributed by atoms with Crippen LogP contribution in [0.3, 0.4) is 0 Å². The largest absolute Gasteiger partial charge is 0.341 e. The zero-order chi connectivity index (χ0) is 20.8. The minimum Gasteiger partial charge on any atom is -0.341 e. The maximum absolute atomic E-state index is 13.8. The molecule has 0 bridgehead atoms. The summed E-state index contributed by atoms with van der Waals surface area (Å²) in [5, 5.41) is 9.40. The third-order valence-electron chi connectivity index (χ3n) is 4.56. The quantitative estimate of drug-likeness (QED) is 0.509. The summed E-state index contributed by atoms with van der Waals surface area (Å²) in [5.74, 6) is 0.651. The second kappa shape index (κ2) is 9.69. The van der Waals surface area contributed by atoms with E-state index >= 15 is 0 Å². The fourth-order valence-corrected chi connectivity index (χ4v) is 3.93. The average molecular weight is 413 g/mol. The van der Waals surface area contributed by atoms with Crippen LogP contribution in [-0.2, 0) is 17.9 Å². The molecule has 1 heterocycles. The van der Waals surface area contributed by atoms with Crippen molar-refractivity contribution in [3.63, 3.8) is 0 Å². The van der Waals surface area contributed by atoms with E-state index in [-0.39, 0.29) is 24.0 Å². The summed E-state index contributed by atoms with van der Waals surface area (Å²) in [4.78, 5) is 14.1. The lowest BCUT2D eigenvalue weighted by molar-refractivity contribution is -0.127. The molecule has 1 amide bonds. The number of hydrogen-bond acceptors (Lipinski definition) is 4. The minimum atomic E-state index is -0.301. The van der Waals surface area contributed by atoms with Crippen molar-refractivity contribution in [2.24, 2.45) is 0 Å². The van der Waals surface area contributed by atoms with Crippen molar-refractivity contribution in [2.75, 3.05) is 12.8 Å². The number of nitrogens with zero attached hydrogens (tertiary/aromatic N) is 4. The fourth-order valence-electron chi connectivity index (χ4n) is 3.03. The number of aromatic nitrogens is 3. The van der Waals surface area contributed by atoms with E-state index in [0.29, 0.717) is 5.56 Å². The van der Waals surface area contributed by atoms with Gasteiger partial charge >= 0.3 is 0 Å². The van der Waals surface area contributed by atoms with Gasteiger partial charge in [-0.3, -0.25) is 4.79 Å². The van der Waals surface area contributed by atoms with Gasteiger partial charge in [0.1, 0.15) is 5.82 Å². The molecule has 0 radical (unpaired) electrons. The van der Waals surface area contributed by atoms with Crippen LogP contribution in [0.2, 0.25) is 0 Å². The second-order valence-corrected chi connectivity index (χ2v) is 7.90. The highest BCUT2D eigenvalue weighted by Crippen LogP contribution is 2.25. The Morgan fingerprint density at radius 2 is 1.97 bits per heavy atom. The standard InChI is InChI=1S/C22H25FN4OS/c1-4-12-27-21(17-10-7-8-16(2)13-17)24-25-22(27)29-15-20(28)26(3)14-18-9-5-6-11-19(18)23/h5-11,13H,4,12,14-15H2,1-3H3. The van der Waals surface area contributed by atoms with Crippen molar-refractivity contribution in [1.82, 2.24) is 19.7 Å². The summed E-state index contributed by atoms with van der Waals surface area (Å²) in [7, 11) is 1.68. The number of halogens is 1. The van der Waals surface area contributed by atoms with Crippen LogP contribution < -0.4 is 0 Å². The van der Waals surface area contributed by atoms with Crippen LogP contribution in [-0.4, -0.2) is 38.4 Å². The first-order valence-corrected chi connectivity index (χ1v) is 10.6. The van der Waals surface area contributed by atoms with Gasteiger partial charge in [-0.2, -0.15) is 0 Å². The molecule has 0 aliphatic carbocycles. The van der Waals surface area contributed by atoms with Gasteiger partial charge in [0.05, 0.1) is 5.75 Å². The van der Waals surface area contributed by atoms with Crippen LogP contribution in [0.5, 0.6) is 0 Å². The van der Waals surface area contributed by atoms with Gasteiger partial charge in [0.2, 0.25) is 5.91 Å². The molecule has 2 aromatic carbocycles. The Bertz CT molecular complexity index is 988. The Labute approximate surface area is 175 Å². The van der Waals surface area contributed by atoms with E-state index in [0.717, 1.165) is 35.1 Å². The molecule has 0 saturated heterocycles. The summed E-state index contributed by atoms with van der Waals surface area (Å²) in [5.41, 5.74) is 2.68. The lowest BCUT2D eigenvalue weighted by atomic mass is 10.1. The molecule has 3 rings (SSSR count). The topological polar surface area (TPSA) is 51.0 Å². The number of carbonyl (C=O) groups excluding carboxylic acids is 1. The molecule has 0 aliphatic rings. The molecule has 0 spiro atoms. The zero-order valence-corrected chi connectivity index (χ0v) is 17.7. The van der Waals surface area contributed by atoms with Crippen LogP contribution >= 0.6 is 11.8 Å². The molecule has 0 N–H and O–H groups in total. The number of benzene rings is 2. The van der Waals surface area contributed by atoms with Crippen LogP contribution in [0.1, 0.15) is 24.5 Å². The number of thioether (sulfide) groups is 1. The summed E-state index contributed by atoms with van der Waals surface area (Å²) in [6.07, 6.45) is 0.936. The molecule has 0 unspecified atom stereocenters. The number of rotatable bonds is 8.